The van der Waals surface area contributed by atoms with Gasteiger partial charge in [0.15, 0.2) is 0 Å². The molecule has 1 heterocycles. The molecule has 14 heavy (non-hydrogen) atoms. The summed E-state index contributed by atoms with van der Waals surface area (Å²) in [4.78, 5) is 0. The van der Waals surface area contributed by atoms with Crippen molar-refractivity contribution >= 4 is 0 Å². The lowest BCUT2D eigenvalue weighted by Gasteiger charge is -2.24. The Hall–Kier alpha value is -0.0800. The fourth-order valence-corrected chi connectivity index (χ4v) is 2.03. The molecule has 1 fully saturated rings. The lowest BCUT2D eigenvalue weighted by molar-refractivity contribution is 0.0891. The van der Waals surface area contributed by atoms with Crippen LogP contribution in [0.4, 0.5) is 0 Å². The van der Waals surface area contributed by atoms with Gasteiger partial charge in [-0.3, -0.25) is 0 Å². The van der Waals surface area contributed by atoms with E-state index in [1.54, 1.807) is 0 Å². The van der Waals surface area contributed by atoms with Crippen molar-refractivity contribution in [2.75, 3.05) is 13.2 Å². The minimum absolute atomic E-state index is 0.520. The molecule has 2 nitrogen and oxygen atoms in total. The van der Waals surface area contributed by atoms with Gasteiger partial charge in [-0.25, -0.2) is 0 Å². The molecule has 0 aliphatic carbocycles. The second-order valence-electron chi connectivity index (χ2n) is 4.68. The first-order valence-corrected chi connectivity index (χ1v) is 6.09. The predicted octanol–water partition coefficient (Wildman–Crippen LogP) is 2.58. The lowest BCUT2D eigenvalue weighted by Crippen LogP contribution is -2.37. The second kappa shape index (κ2) is 6.41. The summed E-state index contributed by atoms with van der Waals surface area (Å²) in [5.74, 6) is 0.714. The minimum Gasteiger partial charge on any atom is -0.378 e. The Morgan fingerprint density at radius 3 is 2.71 bits per heavy atom. The van der Waals surface area contributed by atoms with Gasteiger partial charge in [0.1, 0.15) is 0 Å². The van der Waals surface area contributed by atoms with Crippen molar-refractivity contribution in [3.63, 3.8) is 0 Å². The van der Waals surface area contributed by atoms with Crippen LogP contribution in [-0.4, -0.2) is 25.3 Å². The zero-order chi connectivity index (χ0) is 10.4. The Balaban J connectivity index is 2.26. The van der Waals surface area contributed by atoms with E-state index >= 15 is 0 Å². The third kappa shape index (κ3) is 3.97. The third-order valence-corrected chi connectivity index (χ3v) is 3.00. The van der Waals surface area contributed by atoms with Gasteiger partial charge >= 0.3 is 0 Å². The number of ether oxygens (including phenoxy) is 1. The van der Waals surface area contributed by atoms with Gasteiger partial charge in [-0.1, -0.05) is 20.8 Å². The monoisotopic (exact) mass is 199 g/mol. The van der Waals surface area contributed by atoms with Gasteiger partial charge in [-0.05, 0) is 38.1 Å². The zero-order valence-corrected chi connectivity index (χ0v) is 9.88. The molecule has 2 unspecified atom stereocenters. The van der Waals surface area contributed by atoms with Crippen LogP contribution in [0.15, 0.2) is 0 Å². The number of hydrogen-bond donors (Lipinski definition) is 1. The molecule has 0 saturated carbocycles. The van der Waals surface area contributed by atoms with E-state index in [-0.39, 0.29) is 0 Å². The van der Waals surface area contributed by atoms with Crippen LogP contribution in [0.3, 0.4) is 0 Å². The summed E-state index contributed by atoms with van der Waals surface area (Å²) in [6, 6.07) is 0.637. The number of nitrogens with one attached hydrogen (secondary N) is 1. The van der Waals surface area contributed by atoms with Crippen LogP contribution in [0, 0.1) is 5.92 Å². The van der Waals surface area contributed by atoms with Crippen LogP contribution in [0.1, 0.15) is 46.5 Å². The Labute approximate surface area is 88.4 Å². The molecule has 1 N–H and O–H groups in total. The molecule has 84 valence electrons. The molecule has 0 amide bonds. The van der Waals surface area contributed by atoms with Gasteiger partial charge in [0.2, 0.25) is 0 Å². The van der Waals surface area contributed by atoms with Crippen molar-refractivity contribution in [3.05, 3.63) is 0 Å². The van der Waals surface area contributed by atoms with Crippen LogP contribution in [-0.2, 0) is 4.74 Å². The van der Waals surface area contributed by atoms with E-state index in [0.717, 1.165) is 13.2 Å². The maximum absolute atomic E-state index is 5.67. The molecular formula is C12H25NO. The molecule has 1 saturated heterocycles. The molecule has 1 aliphatic rings. The molecule has 1 aliphatic heterocycles. The summed E-state index contributed by atoms with van der Waals surface area (Å²) in [5, 5.41) is 3.62. The molecule has 2 atom stereocenters. The quantitative estimate of drug-likeness (QED) is 0.710. The first kappa shape index (κ1) is 12.0. The van der Waals surface area contributed by atoms with Crippen LogP contribution in [0.25, 0.3) is 0 Å². The van der Waals surface area contributed by atoms with Gasteiger partial charge in [-0.2, -0.15) is 0 Å². The van der Waals surface area contributed by atoms with Gasteiger partial charge in [0, 0.05) is 12.6 Å². The van der Waals surface area contributed by atoms with E-state index in [2.05, 4.69) is 26.1 Å². The first-order valence-electron chi connectivity index (χ1n) is 6.09. The summed E-state index contributed by atoms with van der Waals surface area (Å²) >= 11 is 0. The normalized spacial score (nSPS) is 24.4. The highest BCUT2D eigenvalue weighted by Gasteiger charge is 2.22. The van der Waals surface area contributed by atoms with Crippen LogP contribution >= 0.6 is 0 Å². The smallest absolute Gasteiger partial charge is 0.0590 e. The summed E-state index contributed by atoms with van der Waals surface area (Å²) in [6.07, 6.45) is 5.44. The van der Waals surface area contributed by atoms with Crippen molar-refractivity contribution in [2.45, 2.75) is 58.6 Å². The summed E-state index contributed by atoms with van der Waals surface area (Å²) < 4.78 is 5.67. The molecular weight excluding hydrogens is 174 g/mol. The van der Waals surface area contributed by atoms with E-state index in [9.17, 15) is 0 Å². The Bertz CT molecular complexity index is 141. The summed E-state index contributed by atoms with van der Waals surface area (Å²) in [6.45, 7) is 8.92. The standard InChI is InChI=1S/C12H25NO/c1-4-7-13-12(10(2)3)9-11-6-5-8-14-11/h10-13H,4-9H2,1-3H3. The molecule has 1 rings (SSSR count). The van der Waals surface area contributed by atoms with Crippen LogP contribution in [0.2, 0.25) is 0 Å². The molecule has 2 heteroatoms. The van der Waals surface area contributed by atoms with E-state index in [1.807, 2.05) is 0 Å². The van der Waals surface area contributed by atoms with Gasteiger partial charge in [0.05, 0.1) is 6.10 Å². The highest BCUT2D eigenvalue weighted by Crippen LogP contribution is 2.19. The Morgan fingerprint density at radius 1 is 1.43 bits per heavy atom. The van der Waals surface area contributed by atoms with Crippen molar-refractivity contribution < 1.29 is 4.74 Å². The topological polar surface area (TPSA) is 21.3 Å². The largest absolute Gasteiger partial charge is 0.378 e. The van der Waals surface area contributed by atoms with Crippen molar-refractivity contribution in [2.24, 2.45) is 5.92 Å². The van der Waals surface area contributed by atoms with E-state index in [0.29, 0.717) is 18.1 Å². The SMILES string of the molecule is CCCNC(CC1CCCO1)C(C)C. The molecule has 0 bridgehead atoms. The van der Waals surface area contributed by atoms with Gasteiger partial charge in [-0.15, -0.1) is 0 Å². The average Bonchev–Trinajstić information content (AvgIpc) is 2.64. The van der Waals surface area contributed by atoms with Crippen LogP contribution in [0.5, 0.6) is 0 Å². The van der Waals surface area contributed by atoms with Gasteiger partial charge < -0.3 is 10.1 Å². The fourth-order valence-electron chi connectivity index (χ4n) is 2.03. The number of hydrogen-bond acceptors (Lipinski definition) is 2. The summed E-state index contributed by atoms with van der Waals surface area (Å²) in [5.41, 5.74) is 0. The highest BCUT2D eigenvalue weighted by molar-refractivity contribution is 4.77. The molecule has 0 aromatic carbocycles. The highest BCUT2D eigenvalue weighted by atomic mass is 16.5. The molecule has 0 spiro atoms. The second-order valence-corrected chi connectivity index (χ2v) is 4.68. The summed E-state index contributed by atoms with van der Waals surface area (Å²) in [7, 11) is 0. The fraction of sp³-hybridized carbons (Fsp3) is 1.00. The average molecular weight is 199 g/mol. The van der Waals surface area contributed by atoms with Crippen molar-refractivity contribution in [1.29, 1.82) is 0 Å². The molecule has 0 aromatic rings. The Kier molecular flexibility index (Phi) is 5.49. The van der Waals surface area contributed by atoms with E-state index in [4.69, 9.17) is 4.74 Å². The third-order valence-electron chi connectivity index (χ3n) is 3.00. The Morgan fingerprint density at radius 2 is 2.21 bits per heavy atom. The minimum atomic E-state index is 0.520. The molecule has 0 radical (unpaired) electrons. The number of rotatable bonds is 6. The maximum atomic E-state index is 5.67. The van der Waals surface area contributed by atoms with Gasteiger partial charge in [0.25, 0.3) is 0 Å². The van der Waals surface area contributed by atoms with E-state index < -0.39 is 0 Å². The lowest BCUT2D eigenvalue weighted by atomic mass is 9.96. The molecule has 0 aromatic heterocycles. The van der Waals surface area contributed by atoms with Crippen LogP contribution < -0.4 is 5.32 Å². The predicted molar refractivity (Wildman–Crippen MR) is 60.5 cm³/mol. The van der Waals surface area contributed by atoms with Crippen molar-refractivity contribution in [1.82, 2.24) is 5.32 Å². The maximum Gasteiger partial charge on any atom is 0.0590 e. The zero-order valence-electron chi connectivity index (χ0n) is 9.88. The van der Waals surface area contributed by atoms with Crippen molar-refractivity contribution in [3.8, 4) is 0 Å². The van der Waals surface area contributed by atoms with E-state index in [1.165, 1.54) is 25.7 Å². The first-order chi connectivity index (χ1) is 6.74.